The molecule has 3 rings (SSSR count). The van der Waals surface area contributed by atoms with Crippen LogP contribution in [0, 0.1) is 0 Å². The lowest BCUT2D eigenvalue weighted by Gasteiger charge is -2.24. The SMILES string of the molecule is CCN(C(=O)[C@H](C)OC(=O)c1cccc(S(=O)(=O)N2CCCCCC2)c1)c1ccccc1. The fourth-order valence-corrected chi connectivity index (χ4v) is 5.35. The molecule has 32 heavy (non-hydrogen) atoms. The van der Waals surface area contributed by atoms with Gasteiger partial charge in [-0.1, -0.05) is 37.1 Å². The summed E-state index contributed by atoms with van der Waals surface area (Å²) in [5.74, 6) is -1.08. The number of carbonyl (C=O) groups excluding carboxylic acids is 2. The average molecular weight is 459 g/mol. The summed E-state index contributed by atoms with van der Waals surface area (Å²) < 4.78 is 33.0. The van der Waals surface area contributed by atoms with Gasteiger partial charge in [-0.2, -0.15) is 4.31 Å². The number of sulfonamides is 1. The van der Waals surface area contributed by atoms with Gasteiger partial charge in [0.15, 0.2) is 6.10 Å². The predicted octanol–water partition coefficient (Wildman–Crippen LogP) is 3.85. The molecule has 0 bridgehead atoms. The summed E-state index contributed by atoms with van der Waals surface area (Å²) in [5.41, 5.74) is 0.816. The first-order valence-electron chi connectivity index (χ1n) is 11.0. The van der Waals surface area contributed by atoms with Crippen molar-refractivity contribution >= 4 is 27.6 Å². The van der Waals surface area contributed by atoms with Gasteiger partial charge in [-0.3, -0.25) is 4.79 Å². The number of amides is 1. The van der Waals surface area contributed by atoms with Crippen LogP contribution < -0.4 is 4.90 Å². The van der Waals surface area contributed by atoms with Crippen molar-refractivity contribution in [3.05, 3.63) is 60.2 Å². The van der Waals surface area contributed by atoms with Crippen LogP contribution in [0.4, 0.5) is 5.69 Å². The number of rotatable bonds is 7. The van der Waals surface area contributed by atoms with E-state index in [2.05, 4.69) is 0 Å². The number of carbonyl (C=O) groups is 2. The number of hydrogen-bond donors (Lipinski definition) is 0. The molecule has 7 nitrogen and oxygen atoms in total. The molecule has 0 radical (unpaired) electrons. The molecule has 0 N–H and O–H groups in total. The van der Waals surface area contributed by atoms with Gasteiger partial charge in [0.25, 0.3) is 5.91 Å². The minimum absolute atomic E-state index is 0.0623. The van der Waals surface area contributed by atoms with Crippen LogP contribution in [0.15, 0.2) is 59.5 Å². The Morgan fingerprint density at radius 2 is 1.66 bits per heavy atom. The maximum Gasteiger partial charge on any atom is 0.338 e. The Hall–Kier alpha value is -2.71. The fraction of sp³-hybridized carbons (Fsp3) is 0.417. The van der Waals surface area contributed by atoms with Crippen LogP contribution in [0.5, 0.6) is 0 Å². The van der Waals surface area contributed by atoms with Crippen LogP contribution in [0.3, 0.4) is 0 Å². The molecule has 0 aromatic heterocycles. The number of para-hydroxylation sites is 1. The van der Waals surface area contributed by atoms with Crippen LogP contribution in [0.1, 0.15) is 49.9 Å². The molecule has 8 heteroatoms. The molecule has 0 saturated carbocycles. The summed E-state index contributed by atoms with van der Waals surface area (Å²) in [6.45, 7) is 4.75. The number of ether oxygens (including phenoxy) is 1. The lowest BCUT2D eigenvalue weighted by atomic mass is 10.2. The molecule has 1 aliphatic heterocycles. The lowest BCUT2D eigenvalue weighted by molar-refractivity contribution is -0.126. The number of likely N-dealkylation sites (N-methyl/N-ethyl adjacent to an activating group) is 1. The Morgan fingerprint density at radius 1 is 1.00 bits per heavy atom. The van der Waals surface area contributed by atoms with Crippen LogP contribution in [-0.2, 0) is 19.6 Å². The van der Waals surface area contributed by atoms with Crippen molar-refractivity contribution in [3.63, 3.8) is 0 Å². The molecule has 1 atom stereocenters. The van der Waals surface area contributed by atoms with Gasteiger partial charge >= 0.3 is 5.97 Å². The van der Waals surface area contributed by atoms with Gasteiger partial charge in [0.05, 0.1) is 10.5 Å². The van der Waals surface area contributed by atoms with Crippen molar-refractivity contribution in [1.82, 2.24) is 4.31 Å². The molecule has 1 amide bonds. The highest BCUT2D eigenvalue weighted by atomic mass is 32.2. The number of nitrogens with zero attached hydrogens (tertiary/aromatic N) is 2. The zero-order valence-corrected chi connectivity index (χ0v) is 19.4. The van der Waals surface area contributed by atoms with E-state index in [0.29, 0.717) is 25.3 Å². The number of hydrogen-bond acceptors (Lipinski definition) is 5. The second-order valence-corrected chi connectivity index (χ2v) is 9.75. The maximum absolute atomic E-state index is 13.0. The Morgan fingerprint density at radius 3 is 2.28 bits per heavy atom. The minimum Gasteiger partial charge on any atom is -0.449 e. The predicted molar refractivity (Wildman–Crippen MR) is 123 cm³/mol. The Bertz CT molecular complexity index is 1030. The highest BCUT2D eigenvalue weighted by Crippen LogP contribution is 2.22. The molecule has 172 valence electrons. The first-order chi connectivity index (χ1) is 15.3. The van der Waals surface area contributed by atoms with E-state index in [1.807, 2.05) is 37.3 Å². The molecule has 0 spiro atoms. The summed E-state index contributed by atoms with van der Waals surface area (Å²) in [7, 11) is -3.69. The van der Waals surface area contributed by atoms with Gasteiger partial charge in [0.2, 0.25) is 10.0 Å². The third kappa shape index (κ3) is 5.55. The van der Waals surface area contributed by atoms with E-state index in [0.717, 1.165) is 25.7 Å². The Balaban J connectivity index is 1.73. The fourth-order valence-electron chi connectivity index (χ4n) is 3.79. The molecule has 2 aromatic rings. The van der Waals surface area contributed by atoms with Crippen molar-refractivity contribution < 1.29 is 22.7 Å². The van der Waals surface area contributed by atoms with Crippen LogP contribution in [0.25, 0.3) is 0 Å². The highest BCUT2D eigenvalue weighted by Gasteiger charge is 2.28. The summed E-state index contributed by atoms with van der Waals surface area (Å²) in [5, 5.41) is 0. The molecule has 1 aliphatic rings. The average Bonchev–Trinajstić information content (AvgIpc) is 3.10. The van der Waals surface area contributed by atoms with E-state index in [1.54, 1.807) is 0 Å². The third-order valence-electron chi connectivity index (χ3n) is 5.55. The molecule has 0 unspecified atom stereocenters. The van der Waals surface area contributed by atoms with Gasteiger partial charge in [0, 0.05) is 25.3 Å². The quantitative estimate of drug-likeness (QED) is 0.589. The van der Waals surface area contributed by atoms with Crippen LogP contribution >= 0.6 is 0 Å². The van der Waals surface area contributed by atoms with Gasteiger partial charge < -0.3 is 9.64 Å². The molecule has 1 fully saturated rings. The molecule has 0 aliphatic carbocycles. The van der Waals surface area contributed by atoms with Crippen molar-refractivity contribution in [1.29, 1.82) is 0 Å². The topological polar surface area (TPSA) is 84.0 Å². The normalized spacial score (nSPS) is 16.1. The molecular formula is C24H30N2O5S. The highest BCUT2D eigenvalue weighted by molar-refractivity contribution is 7.89. The summed E-state index contributed by atoms with van der Waals surface area (Å²) in [4.78, 5) is 27.2. The summed E-state index contributed by atoms with van der Waals surface area (Å²) in [6.07, 6.45) is 2.67. The van der Waals surface area contributed by atoms with Crippen molar-refractivity contribution in [3.8, 4) is 0 Å². The second-order valence-electron chi connectivity index (χ2n) is 7.81. The molecular weight excluding hydrogens is 428 g/mol. The zero-order valence-electron chi connectivity index (χ0n) is 18.6. The van der Waals surface area contributed by atoms with Crippen molar-refractivity contribution in [2.24, 2.45) is 0 Å². The number of benzene rings is 2. The van der Waals surface area contributed by atoms with Crippen LogP contribution in [0.2, 0.25) is 0 Å². The van der Waals surface area contributed by atoms with E-state index < -0.39 is 22.1 Å². The smallest absolute Gasteiger partial charge is 0.338 e. The standard InChI is InChI=1S/C24H30N2O5S/c1-3-26(21-13-7-6-8-14-21)23(27)19(2)31-24(28)20-12-11-15-22(18-20)32(29,30)25-16-9-4-5-10-17-25/h6-8,11-15,18-19H,3-5,9-10,16-17H2,1-2H3/t19-/m0/s1. The summed E-state index contributed by atoms with van der Waals surface area (Å²) in [6, 6.07) is 15.0. The van der Waals surface area contributed by atoms with Gasteiger partial charge in [-0.05, 0) is 57.0 Å². The largest absolute Gasteiger partial charge is 0.449 e. The van der Waals surface area contributed by atoms with E-state index in [4.69, 9.17) is 4.74 Å². The molecule has 2 aromatic carbocycles. The zero-order chi connectivity index (χ0) is 23.1. The monoisotopic (exact) mass is 458 g/mol. The van der Waals surface area contributed by atoms with Crippen molar-refractivity contribution in [2.45, 2.75) is 50.5 Å². The first kappa shape index (κ1) is 23.9. The molecule has 1 heterocycles. The summed E-state index contributed by atoms with van der Waals surface area (Å²) >= 11 is 0. The first-order valence-corrected chi connectivity index (χ1v) is 12.5. The van der Waals surface area contributed by atoms with E-state index in [1.165, 1.54) is 40.4 Å². The van der Waals surface area contributed by atoms with Gasteiger partial charge in [-0.15, -0.1) is 0 Å². The second kappa shape index (κ2) is 10.7. The Kier molecular flexibility index (Phi) is 8.04. The third-order valence-corrected chi connectivity index (χ3v) is 7.45. The van der Waals surface area contributed by atoms with E-state index in [9.17, 15) is 18.0 Å². The maximum atomic E-state index is 13.0. The molecule has 1 saturated heterocycles. The van der Waals surface area contributed by atoms with E-state index >= 15 is 0 Å². The number of anilines is 1. The van der Waals surface area contributed by atoms with Crippen molar-refractivity contribution in [2.75, 3.05) is 24.5 Å². The van der Waals surface area contributed by atoms with Gasteiger partial charge in [-0.25, -0.2) is 13.2 Å². The Labute approximate surface area is 190 Å². The van der Waals surface area contributed by atoms with E-state index in [-0.39, 0.29) is 16.4 Å². The number of esters is 1. The van der Waals surface area contributed by atoms with Gasteiger partial charge in [0.1, 0.15) is 0 Å². The van der Waals surface area contributed by atoms with Crippen LogP contribution in [-0.4, -0.2) is 50.3 Å². The lowest BCUT2D eigenvalue weighted by Crippen LogP contribution is -2.40. The minimum atomic E-state index is -3.69.